The first kappa shape index (κ1) is 39.8. The molecule has 282 valence electrons. The molecule has 0 unspecified atom stereocenters. The number of carbonyl (C=O) groups excluding carboxylic acids is 6. The molecule has 2 aliphatic rings. The molecule has 0 spiro atoms. The lowest BCUT2D eigenvalue weighted by Gasteiger charge is -2.45. The van der Waals surface area contributed by atoms with Gasteiger partial charge < -0.3 is 43.8 Å². The van der Waals surface area contributed by atoms with Gasteiger partial charge in [0, 0.05) is 33.6 Å². The van der Waals surface area contributed by atoms with Crippen molar-refractivity contribution in [3.63, 3.8) is 0 Å². The van der Waals surface area contributed by atoms with Gasteiger partial charge in [-0.3, -0.25) is 19.2 Å². The van der Waals surface area contributed by atoms with Crippen molar-refractivity contribution >= 4 is 35.9 Å². The third kappa shape index (κ3) is 10.3. The molecule has 0 bridgehead atoms. The molecular formula is C37H46N2O13. The Labute approximate surface area is 301 Å². The van der Waals surface area contributed by atoms with Crippen LogP contribution in [0.2, 0.25) is 0 Å². The molecule has 4 rings (SSSR count). The normalized spacial score (nSPS) is 22.0. The van der Waals surface area contributed by atoms with Crippen LogP contribution in [0.15, 0.2) is 48.5 Å². The van der Waals surface area contributed by atoms with E-state index >= 15 is 0 Å². The van der Waals surface area contributed by atoms with Gasteiger partial charge in [-0.05, 0) is 49.9 Å². The van der Waals surface area contributed by atoms with Gasteiger partial charge in [0.1, 0.15) is 31.0 Å². The van der Waals surface area contributed by atoms with Gasteiger partial charge in [-0.2, -0.15) is 0 Å². The van der Waals surface area contributed by atoms with E-state index in [4.69, 9.17) is 33.2 Å². The van der Waals surface area contributed by atoms with Gasteiger partial charge in [-0.25, -0.2) is 9.59 Å². The van der Waals surface area contributed by atoms with E-state index in [0.717, 1.165) is 43.0 Å². The summed E-state index contributed by atoms with van der Waals surface area (Å²) in [4.78, 5) is 75.4. The van der Waals surface area contributed by atoms with Crippen LogP contribution in [0.4, 0.5) is 4.79 Å². The van der Waals surface area contributed by atoms with Gasteiger partial charge in [-0.15, -0.1) is 0 Å². The topological polar surface area (TPSA) is 191 Å². The van der Waals surface area contributed by atoms with E-state index in [9.17, 15) is 28.8 Å². The lowest BCUT2D eigenvalue weighted by molar-refractivity contribution is -0.288. The largest absolute Gasteiger partial charge is 0.463 e. The summed E-state index contributed by atoms with van der Waals surface area (Å²) >= 11 is 0. The maximum absolute atomic E-state index is 13.6. The minimum atomic E-state index is -1.51. The summed E-state index contributed by atoms with van der Waals surface area (Å²) in [6, 6.07) is 12.9. The van der Waals surface area contributed by atoms with Crippen LogP contribution in [0.5, 0.6) is 0 Å². The number of amides is 2. The Morgan fingerprint density at radius 2 is 1.33 bits per heavy atom. The van der Waals surface area contributed by atoms with Crippen LogP contribution in [-0.2, 0) is 57.1 Å². The molecule has 15 nitrogen and oxygen atoms in total. The zero-order valence-electron chi connectivity index (χ0n) is 30.5. The van der Waals surface area contributed by atoms with Gasteiger partial charge in [0.2, 0.25) is 5.91 Å². The molecule has 1 aliphatic carbocycles. The summed E-state index contributed by atoms with van der Waals surface area (Å²) in [5.74, 6) is -3.95. The third-order valence-electron chi connectivity index (χ3n) is 8.17. The predicted molar refractivity (Wildman–Crippen MR) is 182 cm³/mol. The first-order valence-corrected chi connectivity index (χ1v) is 16.8. The number of alkyl carbamates (subject to hydrolysis) is 1. The quantitative estimate of drug-likeness (QED) is 0.240. The van der Waals surface area contributed by atoms with E-state index in [1.54, 1.807) is 20.8 Å². The molecule has 15 heteroatoms. The Morgan fingerprint density at radius 3 is 1.85 bits per heavy atom. The second-order valence-electron chi connectivity index (χ2n) is 13.5. The van der Waals surface area contributed by atoms with Crippen LogP contribution in [0, 0.1) is 0 Å². The van der Waals surface area contributed by atoms with E-state index in [-0.39, 0.29) is 12.5 Å². The summed E-state index contributed by atoms with van der Waals surface area (Å²) < 4.78 is 39.7. The number of carbonyl (C=O) groups is 6. The second kappa shape index (κ2) is 17.0. The maximum Gasteiger partial charge on any atom is 0.407 e. The first-order chi connectivity index (χ1) is 24.4. The fourth-order valence-electron chi connectivity index (χ4n) is 6.20. The van der Waals surface area contributed by atoms with Crippen molar-refractivity contribution < 1.29 is 61.9 Å². The van der Waals surface area contributed by atoms with E-state index in [1.807, 2.05) is 48.5 Å². The van der Waals surface area contributed by atoms with Gasteiger partial charge in [0.15, 0.2) is 24.5 Å². The molecular weight excluding hydrogens is 680 g/mol. The summed E-state index contributed by atoms with van der Waals surface area (Å²) in [6.07, 6.45) is -7.69. The van der Waals surface area contributed by atoms with Crippen molar-refractivity contribution in [2.75, 3.05) is 13.2 Å². The minimum Gasteiger partial charge on any atom is -0.463 e. The minimum absolute atomic E-state index is 0.0358. The second-order valence-corrected chi connectivity index (χ2v) is 13.5. The smallest absolute Gasteiger partial charge is 0.407 e. The summed E-state index contributed by atoms with van der Waals surface area (Å²) in [5, 5.41) is 5.16. The van der Waals surface area contributed by atoms with Crippen LogP contribution in [0.1, 0.15) is 72.4 Å². The van der Waals surface area contributed by atoms with Crippen molar-refractivity contribution in [3.8, 4) is 11.1 Å². The SMILES string of the molecule is CC(=O)N[C@H]1[C@@H](O[C@H](C)[C@H](NC(=O)OCC2c3ccccc3-c3ccccc32)C(=O)OC(C)(C)C)O[C@H](COC(C)=O)[C@H](OC(C)=O)[C@@H]1OC(C)=O. The van der Waals surface area contributed by atoms with Crippen molar-refractivity contribution in [3.05, 3.63) is 59.7 Å². The highest BCUT2D eigenvalue weighted by atomic mass is 16.7. The summed E-state index contributed by atoms with van der Waals surface area (Å²) in [6.45, 7) is 10.5. The van der Waals surface area contributed by atoms with E-state index in [2.05, 4.69) is 10.6 Å². The van der Waals surface area contributed by atoms with Crippen LogP contribution in [0.25, 0.3) is 11.1 Å². The molecule has 1 saturated heterocycles. The van der Waals surface area contributed by atoms with Gasteiger partial charge in [0.05, 0.1) is 6.10 Å². The number of nitrogens with one attached hydrogen (secondary N) is 2. The molecule has 0 aromatic heterocycles. The molecule has 1 fully saturated rings. The van der Waals surface area contributed by atoms with Crippen LogP contribution in [-0.4, -0.2) is 97.5 Å². The highest BCUT2D eigenvalue weighted by Crippen LogP contribution is 2.44. The molecule has 2 amide bonds. The number of rotatable bonds is 12. The Balaban J connectivity index is 1.60. The number of hydrogen-bond donors (Lipinski definition) is 2. The molecule has 52 heavy (non-hydrogen) atoms. The van der Waals surface area contributed by atoms with Crippen LogP contribution < -0.4 is 10.6 Å². The van der Waals surface area contributed by atoms with Crippen LogP contribution >= 0.6 is 0 Å². The lowest BCUT2D eigenvalue weighted by atomic mass is 9.95. The molecule has 0 saturated carbocycles. The van der Waals surface area contributed by atoms with Crippen molar-refractivity contribution in [1.29, 1.82) is 0 Å². The van der Waals surface area contributed by atoms with Crippen molar-refractivity contribution in [2.24, 2.45) is 0 Å². The van der Waals surface area contributed by atoms with Crippen molar-refractivity contribution in [2.45, 2.75) is 110 Å². The monoisotopic (exact) mass is 726 g/mol. The standard InChI is InChI=1S/C37H46N2O13/c1-19(48-35-31(38-20(2)40)33(50-23(5)43)32(49-22(4)42)29(51-35)18-46-21(3)41)30(34(44)52-37(6,7)8)39-36(45)47-17-28-26-15-11-9-13-24(26)25-14-10-12-16-27(25)28/h9-16,19,28-33,35H,17-18H2,1-8H3,(H,38,40)(H,39,45)/t19-,29-,30+,31-,32+,33-,35+/m1/s1. The molecule has 2 N–H and O–H groups in total. The number of benzene rings is 2. The Bertz CT molecular complexity index is 1610. The summed E-state index contributed by atoms with van der Waals surface area (Å²) in [5.41, 5.74) is 3.10. The average Bonchev–Trinajstić information content (AvgIpc) is 3.36. The Hall–Kier alpha value is -5.02. The third-order valence-corrected chi connectivity index (χ3v) is 8.17. The van der Waals surface area contributed by atoms with Crippen molar-refractivity contribution in [1.82, 2.24) is 10.6 Å². The molecule has 2 aromatic carbocycles. The van der Waals surface area contributed by atoms with E-state index in [0.29, 0.717) is 0 Å². The van der Waals surface area contributed by atoms with Gasteiger partial charge in [-0.1, -0.05) is 48.5 Å². The van der Waals surface area contributed by atoms with Crippen LogP contribution in [0.3, 0.4) is 0 Å². The Morgan fingerprint density at radius 1 is 0.769 bits per heavy atom. The molecule has 2 aromatic rings. The van der Waals surface area contributed by atoms with E-state index in [1.165, 1.54) is 13.8 Å². The first-order valence-electron chi connectivity index (χ1n) is 16.8. The van der Waals surface area contributed by atoms with Gasteiger partial charge in [0.25, 0.3) is 0 Å². The summed E-state index contributed by atoms with van der Waals surface area (Å²) in [7, 11) is 0. The highest BCUT2D eigenvalue weighted by Gasteiger charge is 2.52. The zero-order valence-corrected chi connectivity index (χ0v) is 30.5. The molecule has 7 atom stereocenters. The lowest BCUT2D eigenvalue weighted by Crippen LogP contribution is -2.67. The number of ether oxygens (including phenoxy) is 7. The highest BCUT2D eigenvalue weighted by molar-refractivity contribution is 5.83. The fraction of sp³-hybridized carbons (Fsp3) is 0.514. The van der Waals surface area contributed by atoms with Gasteiger partial charge >= 0.3 is 30.0 Å². The number of esters is 4. The number of fused-ring (bicyclic) bond motifs is 3. The average molecular weight is 727 g/mol. The van der Waals surface area contributed by atoms with E-state index < -0.39 is 90.9 Å². The predicted octanol–water partition coefficient (Wildman–Crippen LogP) is 3.30. The maximum atomic E-state index is 13.6. The zero-order chi connectivity index (χ0) is 38.3. The molecule has 1 aliphatic heterocycles. The Kier molecular flexibility index (Phi) is 13.0. The molecule has 0 radical (unpaired) electrons. The fourth-order valence-corrected chi connectivity index (χ4v) is 6.20. The molecule has 1 heterocycles. The number of hydrogen-bond acceptors (Lipinski definition) is 13.